The van der Waals surface area contributed by atoms with Crippen molar-refractivity contribution in [2.75, 3.05) is 25.7 Å². The Morgan fingerprint density at radius 3 is 2.96 bits per heavy atom. The van der Waals surface area contributed by atoms with Crippen LogP contribution in [0.15, 0.2) is 30.5 Å². The van der Waals surface area contributed by atoms with Crippen molar-refractivity contribution in [3.05, 3.63) is 36.0 Å². The second kappa shape index (κ2) is 8.59. The number of nitrogens with one attached hydrogen (secondary N) is 2. The Bertz CT molecular complexity index is 645. The number of hydrogen-bond donors (Lipinski definition) is 3. The summed E-state index contributed by atoms with van der Waals surface area (Å²) in [7, 11) is 1.58. The molecule has 124 valence electrons. The largest absolute Gasteiger partial charge is 0.496 e. The third-order valence-electron chi connectivity index (χ3n) is 3.49. The molecule has 7 heteroatoms. The van der Waals surface area contributed by atoms with E-state index in [2.05, 4.69) is 15.5 Å². The monoisotopic (exact) mass is 335 g/mol. The quantitative estimate of drug-likeness (QED) is 0.686. The molecule has 0 bridgehead atoms. The van der Waals surface area contributed by atoms with Crippen LogP contribution in [0.5, 0.6) is 5.75 Å². The zero-order valence-electron chi connectivity index (χ0n) is 13.2. The second-order valence-corrected chi connectivity index (χ2v) is 5.98. The van der Waals surface area contributed by atoms with Crippen molar-refractivity contribution in [1.29, 1.82) is 0 Å². The van der Waals surface area contributed by atoms with Crippen LogP contribution in [0.4, 0.5) is 0 Å². The Hall–Kier alpha value is -1.99. The molecule has 0 unspecified atom stereocenters. The first-order chi connectivity index (χ1) is 11.2. The van der Waals surface area contributed by atoms with Crippen LogP contribution in [0.2, 0.25) is 0 Å². The molecule has 2 rings (SSSR count). The van der Waals surface area contributed by atoms with Gasteiger partial charge >= 0.3 is 0 Å². The topological polar surface area (TPSA) is 87.2 Å². The zero-order chi connectivity index (χ0) is 16.7. The van der Waals surface area contributed by atoms with Crippen LogP contribution in [-0.4, -0.2) is 53.0 Å². The number of rotatable bonds is 8. The number of carbonyl (C=O) groups is 1. The first-order valence-electron chi connectivity index (χ1n) is 7.28. The number of H-pyrrole nitrogens is 1. The van der Waals surface area contributed by atoms with Gasteiger partial charge in [0.1, 0.15) is 5.75 Å². The van der Waals surface area contributed by atoms with E-state index in [9.17, 15) is 9.90 Å². The van der Waals surface area contributed by atoms with Crippen molar-refractivity contribution >= 4 is 17.7 Å². The molecule has 0 spiro atoms. The average Bonchev–Trinajstić information content (AvgIpc) is 3.07. The van der Waals surface area contributed by atoms with Gasteiger partial charge in [0, 0.05) is 5.56 Å². The molecule has 1 aromatic heterocycles. The number of amides is 1. The smallest absolute Gasteiger partial charge is 0.255 e. The minimum absolute atomic E-state index is 0.0891. The third-order valence-corrected chi connectivity index (χ3v) is 4.13. The highest BCUT2D eigenvalue weighted by Gasteiger charge is 2.20. The maximum Gasteiger partial charge on any atom is 0.255 e. The summed E-state index contributed by atoms with van der Waals surface area (Å²) in [5.74, 6) is 1.27. The van der Waals surface area contributed by atoms with Crippen LogP contribution in [0, 0.1) is 0 Å². The standard InChI is InChI=1S/C16H21N3O3S/c1-22-14-6-4-3-5-12(14)15-13(9-17-19-15)16(21)18-11(10-20)7-8-23-2/h3-6,9,11,20H,7-8,10H2,1-2H3,(H,17,19)(H,18,21)/t11-/m1/s1. The highest BCUT2D eigenvalue weighted by atomic mass is 32.2. The molecule has 23 heavy (non-hydrogen) atoms. The fraction of sp³-hybridized carbons (Fsp3) is 0.375. The van der Waals surface area contributed by atoms with Crippen LogP contribution in [-0.2, 0) is 0 Å². The fourth-order valence-electron chi connectivity index (χ4n) is 2.25. The summed E-state index contributed by atoms with van der Waals surface area (Å²) in [4.78, 5) is 12.5. The molecule has 6 nitrogen and oxygen atoms in total. The van der Waals surface area contributed by atoms with Crippen LogP contribution in [0.1, 0.15) is 16.8 Å². The van der Waals surface area contributed by atoms with Gasteiger partial charge in [-0.2, -0.15) is 16.9 Å². The zero-order valence-corrected chi connectivity index (χ0v) is 14.0. The third kappa shape index (κ3) is 4.27. The fourth-order valence-corrected chi connectivity index (χ4v) is 2.77. The predicted octanol–water partition coefficient (Wildman–Crippen LogP) is 1.93. The molecule has 0 radical (unpaired) electrons. The van der Waals surface area contributed by atoms with Gasteiger partial charge in [0.2, 0.25) is 0 Å². The van der Waals surface area contributed by atoms with Gasteiger partial charge in [0.15, 0.2) is 0 Å². The molecule has 1 atom stereocenters. The molecule has 0 fully saturated rings. The number of aliphatic hydroxyl groups excluding tert-OH is 1. The lowest BCUT2D eigenvalue weighted by Gasteiger charge is -2.16. The summed E-state index contributed by atoms with van der Waals surface area (Å²) in [5, 5.41) is 19.1. The molecule has 0 saturated carbocycles. The summed E-state index contributed by atoms with van der Waals surface area (Å²) in [6, 6.07) is 7.15. The Morgan fingerprint density at radius 2 is 2.26 bits per heavy atom. The van der Waals surface area contributed by atoms with E-state index in [-0.39, 0.29) is 18.6 Å². The van der Waals surface area contributed by atoms with E-state index in [1.54, 1.807) is 18.9 Å². The normalized spacial score (nSPS) is 12.0. The molecular formula is C16H21N3O3S. The SMILES string of the molecule is COc1ccccc1-c1[nH]ncc1C(=O)N[C@@H](CO)CCSC. The molecule has 1 aromatic carbocycles. The number of ether oxygens (including phenoxy) is 1. The van der Waals surface area contributed by atoms with Gasteiger partial charge in [0.25, 0.3) is 5.91 Å². The molecule has 0 aliphatic heterocycles. The van der Waals surface area contributed by atoms with E-state index in [4.69, 9.17) is 4.74 Å². The molecule has 0 aliphatic rings. The van der Waals surface area contributed by atoms with Crippen molar-refractivity contribution in [1.82, 2.24) is 15.5 Å². The van der Waals surface area contributed by atoms with E-state index in [1.165, 1.54) is 6.20 Å². The van der Waals surface area contributed by atoms with E-state index in [1.807, 2.05) is 30.5 Å². The van der Waals surface area contributed by atoms with Crippen LogP contribution in [0.3, 0.4) is 0 Å². The Morgan fingerprint density at radius 1 is 1.48 bits per heavy atom. The average molecular weight is 335 g/mol. The minimum atomic E-state index is -0.268. The van der Waals surface area contributed by atoms with Gasteiger partial charge in [-0.05, 0) is 30.6 Å². The number of aromatic amines is 1. The van der Waals surface area contributed by atoms with Crippen molar-refractivity contribution in [3.8, 4) is 17.0 Å². The van der Waals surface area contributed by atoms with Gasteiger partial charge in [-0.3, -0.25) is 9.89 Å². The lowest BCUT2D eigenvalue weighted by atomic mass is 10.1. The Kier molecular flexibility index (Phi) is 6.49. The second-order valence-electron chi connectivity index (χ2n) is 4.99. The molecular weight excluding hydrogens is 314 g/mol. The number of nitrogens with zero attached hydrogens (tertiary/aromatic N) is 1. The van der Waals surface area contributed by atoms with E-state index < -0.39 is 0 Å². The predicted molar refractivity (Wildman–Crippen MR) is 91.9 cm³/mol. The lowest BCUT2D eigenvalue weighted by molar-refractivity contribution is 0.0916. The van der Waals surface area contributed by atoms with Gasteiger partial charge in [0.05, 0.1) is 37.2 Å². The number of para-hydroxylation sites is 1. The number of carbonyl (C=O) groups excluding carboxylic acids is 1. The van der Waals surface area contributed by atoms with Gasteiger partial charge in [-0.25, -0.2) is 0 Å². The maximum atomic E-state index is 12.5. The minimum Gasteiger partial charge on any atom is -0.496 e. The van der Waals surface area contributed by atoms with Gasteiger partial charge in [-0.15, -0.1) is 0 Å². The number of aromatic nitrogens is 2. The maximum absolute atomic E-state index is 12.5. The molecule has 0 saturated heterocycles. The summed E-state index contributed by atoms with van der Waals surface area (Å²) in [6.07, 6.45) is 4.19. The van der Waals surface area contributed by atoms with Crippen molar-refractivity contribution in [3.63, 3.8) is 0 Å². The Balaban J connectivity index is 2.21. The highest BCUT2D eigenvalue weighted by molar-refractivity contribution is 7.98. The number of thioether (sulfide) groups is 1. The van der Waals surface area contributed by atoms with E-state index >= 15 is 0 Å². The highest BCUT2D eigenvalue weighted by Crippen LogP contribution is 2.30. The van der Waals surface area contributed by atoms with Gasteiger partial charge in [-0.1, -0.05) is 12.1 Å². The van der Waals surface area contributed by atoms with Crippen molar-refractivity contribution < 1.29 is 14.6 Å². The number of methoxy groups -OCH3 is 1. The molecule has 2 aromatic rings. The summed E-state index contributed by atoms with van der Waals surface area (Å²) in [5.41, 5.74) is 1.79. The van der Waals surface area contributed by atoms with Crippen LogP contribution in [0.25, 0.3) is 11.3 Å². The summed E-state index contributed by atoms with van der Waals surface area (Å²) >= 11 is 1.68. The summed E-state index contributed by atoms with van der Waals surface area (Å²) < 4.78 is 5.34. The van der Waals surface area contributed by atoms with Crippen LogP contribution >= 0.6 is 11.8 Å². The lowest BCUT2D eigenvalue weighted by Crippen LogP contribution is -2.38. The van der Waals surface area contributed by atoms with Gasteiger partial charge < -0.3 is 15.2 Å². The molecule has 1 heterocycles. The number of benzene rings is 1. The number of hydrogen-bond acceptors (Lipinski definition) is 5. The molecule has 3 N–H and O–H groups in total. The number of aliphatic hydroxyl groups is 1. The molecule has 0 aliphatic carbocycles. The first-order valence-corrected chi connectivity index (χ1v) is 8.68. The first kappa shape index (κ1) is 17.4. The Labute approximate surface area is 139 Å². The van der Waals surface area contributed by atoms with Crippen molar-refractivity contribution in [2.24, 2.45) is 0 Å². The van der Waals surface area contributed by atoms with Crippen LogP contribution < -0.4 is 10.1 Å². The van der Waals surface area contributed by atoms with Crippen molar-refractivity contribution in [2.45, 2.75) is 12.5 Å². The van der Waals surface area contributed by atoms with E-state index in [0.29, 0.717) is 23.4 Å². The van der Waals surface area contributed by atoms with E-state index in [0.717, 1.165) is 11.3 Å². The summed E-state index contributed by atoms with van der Waals surface area (Å²) in [6.45, 7) is -0.0891. The molecule has 1 amide bonds.